The Morgan fingerprint density at radius 2 is 1.88 bits per heavy atom. The summed E-state index contributed by atoms with van der Waals surface area (Å²) in [6.07, 6.45) is 1.94. The van der Waals surface area contributed by atoms with Crippen LogP contribution in [0.5, 0.6) is 0 Å². The Hall–Kier alpha value is -1.07. The minimum absolute atomic E-state index is 0.338. The van der Waals surface area contributed by atoms with Gasteiger partial charge in [0.05, 0.1) is 5.03 Å². The maximum absolute atomic E-state index is 12.9. The zero-order chi connectivity index (χ0) is 12.5. The van der Waals surface area contributed by atoms with Gasteiger partial charge in [0.1, 0.15) is 17.2 Å². The normalized spacial score (nSPS) is 17.8. The fourth-order valence-corrected chi connectivity index (χ4v) is 2.44. The molecule has 1 heterocycles. The van der Waals surface area contributed by atoms with E-state index in [2.05, 4.69) is 5.48 Å². The number of thioether (sulfide) groups is 1. The van der Waals surface area contributed by atoms with Crippen LogP contribution < -0.4 is 5.48 Å². The van der Waals surface area contributed by atoms with E-state index < -0.39 is 11.6 Å². The monoisotopic (exact) mass is 257 g/mol. The third kappa shape index (κ3) is 3.44. The average Bonchev–Trinajstić information content (AvgIpc) is 2.54. The predicted octanol–water partition coefficient (Wildman–Crippen LogP) is 3.35. The van der Waals surface area contributed by atoms with Gasteiger partial charge >= 0.3 is 0 Å². The van der Waals surface area contributed by atoms with E-state index in [9.17, 15) is 8.78 Å². The van der Waals surface area contributed by atoms with E-state index in [0.717, 1.165) is 11.1 Å². The maximum Gasteiger partial charge on any atom is 0.126 e. The summed E-state index contributed by atoms with van der Waals surface area (Å²) in [5.41, 5.74) is 3.06. The predicted molar refractivity (Wildman–Crippen MR) is 64.0 cm³/mol. The molecule has 0 saturated carbocycles. The van der Waals surface area contributed by atoms with E-state index in [4.69, 9.17) is 4.84 Å². The number of benzene rings is 1. The molecule has 1 N–H and O–H groups in total. The zero-order valence-corrected chi connectivity index (χ0v) is 10.4. The maximum atomic E-state index is 12.9. The van der Waals surface area contributed by atoms with Gasteiger partial charge in [-0.2, -0.15) is 0 Å². The van der Waals surface area contributed by atoms with Crippen molar-refractivity contribution in [3.8, 4) is 0 Å². The number of halogens is 2. The molecule has 0 saturated heterocycles. The molecule has 0 amide bonds. The molecular weight excluding hydrogens is 244 g/mol. The van der Waals surface area contributed by atoms with Crippen molar-refractivity contribution in [2.45, 2.75) is 25.2 Å². The Bertz CT molecular complexity index is 440. The van der Waals surface area contributed by atoms with Gasteiger partial charge in [-0.3, -0.25) is 10.3 Å². The molecule has 0 aromatic heterocycles. The van der Waals surface area contributed by atoms with Crippen molar-refractivity contribution in [1.29, 1.82) is 0 Å². The second-order valence-corrected chi connectivity index (χ2v) is 5.40. The minimum atomic E-state index is -0.550. The first-order valence-corrected chi connectivity index (χ1v) is 6.18. The fourth-order valence-electron chi connectivity index (χ4n) is 1.48. The zero-order valence-electron chi connectivity index (χ0n) is 9.59. The van der Waals surface area contributed by atoms with E-state index in [1.165, 1.54) is 23.9 Å². The van der Waals surface area contributed by atoms with E-state index >= 15 is 0 Å². The number of hydrogen-bond donors (Lipinski definition) is 1. The highest BCUT2D eigenvalue weighted by Crippen LogP contribution is 2.28. The van der Waals surface area contributed by atoms with Gasteiger partial charge in [0.25, 0.3) is 0 Å². The molecule has 92 valence electrons. The molecule has 1 aromatic rings. The number of hydrogen-bond acceptors (Lipinski definition) is 3. The summed E-state index contributed by atoms with van der Waals surface area (Å²) in [6.45, 7) is 3.85. The molecule has 0 spiro atoms. The van der Waals surface area contributed by atoms with Gasteiger partial charge < -0.3 is 0 Å². The molecular formula is C12H13F2NOS. The lowest BCUT2D eigenvalue weighted by molar-refractivity contribution is -0.0126. The molecule has 0 bridgehead atoms. The molecule has 0 aliphatic carbocycles. The van der Waals surface area contributed by atoms with Gasteiger partial charge in [-0.25, -0.2) is 8.78 Å². The first kappa shape index (κ1) is 12.4. The fraction of sp³-hybridized carbons (Fsp3) is 0.333. The molecule has 2 rings (SSSR count). The van der Waals surface area contributed by atoms with Gasteiger partial charge in [0, 0.05) is 11.8 Å². The highest BCUT2D eigenvalue weighted by atomic mass is 32.2. The topological polar surface area (TPSA) is 21.3 Å². The standard InChI is InChI=1S/C12H13F2NOS/c1-12(2)6-11(15-16-12)17-7-8-3-9(13)5-10(14)4-8/h3-6,15H,7H2,1-2H3. The summed E-state index contributed by atoms with van der Waals surface area (Å²) in [4.78, 5) is 5.28. The Morgan fingerprint density at radius 3 is 2.41 bits per heavy atom. The second kappa shape index (κ2) is 4.66. The SMILES string of the molecule is CC1(C)C=C(SCc2cc(F)cc(F)c2)NO1. The van der Waals surface area contributed by atoms with Crippen LogP contribution in [-0.2, 0) is 10.6 Å². The van der Waals surface area contributed by atoms with Crippen LogP contribution in [0.2, 0.25) is 0 Å². The highest BCUT2D eigenvalue weighted by molar-refractivity contribution is 8.02. The molecule has 0 radical (unpaired) electrons. The van der Waals surface area contributed by atoms with Crippen LogP contribution >= 0.6 is 11.8 Å². The largest absolute Gasteiger partial charge is 0.265 e. The van der Waals surface area contributed by atoms with E-state index in [0.29, 0.717) is 11.3 Å². The number of nitrogens with one attached hydrogen (secondary N) is 1. The van der Waals surface area contributed by atoms with Crippen molar-refractivity contribution >= 4 is 11.8 Å². The summed E-state index contributed by atoms with van der Waals surface area (Å²) in [5, 5.41) is 0.861. The molecule has 1 aliphatic rings. The molecule has 1 aliphatic heterocycles. The van der Waals surface area contributed by atoms with Gasteiger partial charge in [-0.1, -0.05) is 0 Å². The van der Waals surface area contributed by atoms with Crippen LogP contribution in [0.1, 0.15) is 19.4 Å². The van der Waals surface area contributed by atoms with Crippen molar-refractivity contribution in [1.82, 2.24) is 5.48 Å². The molecule has 5 heteroatoms. The molecule has 1 aromatic carbocycles. The van der Waals surface area contributed by atoms with Crippen molar-refractivity contribution in [3.63, 3.8) is 0 Å². The van der Waals surface area contributed by atoms with Gasteiger partial charge in [0.15, 0.2) is 0 Å². The third-order valence-electron chi connectivity index (χ3n) is 2.21. The first-order valence-electron chi connectivity index (χ1n) is 5.19. The quantitative estimate of drug-likeness (QED) is 0.897. The summed E-state index contributed by atoms with van der Waals surface area (Å²) in [5.74, 6) is -0.608. The van der Waals surface area contributed by atoms with Crippen LogP contribution in [-0.4, -0.2) is 5.60 Å². The van der Waals surface area contributed by atoms with E-state index in [-0.39, 0.29) is 5.60 Å². The summed E-state index contributed by atoms with van der Waals surface area (Å²) < 4.78 is 25.9. The Balaban J connectivity index is 1.99. The smallest absolute Gasteiger partial charge is 0.126 e. The summed E-state index contributed by atoms with van der Waals surface area (Å²) >= 11 is 1.45. The van der Waals surface area contributed by atoms with E-state index in [1.54, 1.807) is 0 Å². The van der Waals surface area contributed by atoms with Crippen LogP contribution in [0.3, 0.4) is 0 Å². The minimum Gasteiger partial charge on any atom is -0.265 e. The Morgan fingerprint density at radius 1 is 1.24 bits per heavy atom. The average molecular weight is 257 g/mol. The lowest BCUT2D eigenvalue weighted by Crippen LogP contribution is -2.20. The van der Waals surface area contributed by atoms with Crippen LogP contribution in [0.4, 0.5) is 8.78 Å². The van der Waals surface area contributed by atoms with Crippen molar-refractivity contribution in [3.05, 3.63) is 46.5 Å². The lowest BCUT2D eigenvalue weighted by atomic mass is 10.1. The third-order valence-corrected chi connectivity index (χ3v) is 3.20. The number of rotatable bonds is 3. The van der Waals surface area contributed by atoms with Gasteiger partial charge in [0.2, 0.25) is 0 Å². The first-order chi connectivity index (χ1) is 7.94. The molecule has 0 unspecified atom stereocenters. The molecule has 2 nitrogen and oxygen atoms in total. The Kier molecular flexibility index (Phi) is 3.40. The summed E-state index contributed by atoms with van der Waals surface area (Å²) in [6, 6.07) is 3.53. The summed E-state index contributed by atoms with van der Waals surface area (Å²) in [7, 11) is 0. The van der Waals surface area contributed by atoms with Gasteiger partial charge in [-0.15, -0.1) is 11.8 Å². The van der Waals surface area contributed by atoms with Crippen LogP contribution in [0.25, 0.3) is 0 Å². The van der Waals surface area contributed by atoms with E-state index in [1.807, 2.05) is 19.9 Å². The van der Waals surface area contributed by atoms with Crippen molar-refractivity contribution in [2.75, 3.05) is 0 Å². The second-order valence-electron chi connectivity index (χ2n) is 4.38. The highest BCUT2D eigenvalue weighted by Gasteiger charge is 2.23. The lowest BCUT2D eigenvalue weighted by Gasteiger charge is -2.11. The van der Waals surface area contributed by atoms with Crippen LogP contribution in [0, 0.1) is 11.6 Å². The van der Waals surface area contributed by atoms with Crippen molar-refractivity contribution in [2.24, 2.45) is 0 Å². The van der Waals surface area contributed by atoms with Crippen molar-refractivity contribution < 1.29 is 13.6 Å². The van der Waals surface area contributed by atoms with Gasteiger partial charge in [-0.05, 0) is 37.6 Å². The molecule has 0 fully saturated rings. The molecule has 17 heavy (non-hydrogen) atoms. The Labute approximate surface area is 103 Å². The molecule has 0 atom stereocenters. The van der Waals surface area contributed by atoms with Crippen LogP contribution in [0.15, 0.2) is 29.3 Å². The number of hydroxylamine groups is 1.